The van der Waals surface area contributed by atoms with Crippen LogP contribution in [-0.4, -0.2) is 23.8 Å². The highest BCUT2D eigenvalue weighted by atomic mass is 16.5. The molecule has 16 heavy (non-hydrogen) atoms. The molecule has 0 amide bonds. The van der Waals surface area contributed by atoms with Gasteiger partial charge in [-0.3, -0.25) is 0 Å². The molecule has 0 aromatic carbocycles. The van der Waals surface area contributed by atoms with Crippen LogP contribution in [0.1, 0.15) is 47.5 Å². The summed E-state index contributed by atoms with van der Waals surface area (Å²) in [6.45, 7) is 11.0. The van der Waals surface area contributed by atoms with Crippen molar-refractivity contribution in [3.8, 4) is 0 Å². The van der Waals surface area contributed by atoms with Gasteiger partial charge in [0.25, 0.3) is 0 Å². The van der Waals surface area contributed by atoms with Crippen molar-refractivity contribution in [2.45, 2.75) is 53.6 Å². The van der Waals surface area contributed by atoms with Crippen LogP contribution in [0.15, 0.2) is 5.16 Å². The van der Waals surface area contributed by atoms with E-state index in [-0.39, 0.29) is 17.4 Å². The van der Waals surface area contributed by atoms with Crippen molar-refractivity contribution in [1.29, 1.82) is 0 Å². The second-order valence-corrected chi connectivity index (χ2v) is 5.29. The van der Waals surface area contributed by atoms with Crippen molar-refractivity contribution < 1.29 is 9.94 Å². The van der Waals surface area contributed by atoms with E-state index in [0.717, 1.165) is 19.4 Å². The fraction of sp³-hybridized carbons (Fsp3) is 0.917. The van der Waals surface area contributed by atoms with E-state index in [2.05, 4.69) is 25.9 Å². The molecule has 0 aliphatic carbocycles. The number of nitrogens with two attached hydrogens (primary N) is 1. The fourth-order valence-electron chi connectivity index (χ4n) is 1.24. The molecule has 3 N–H and O–H groups in total. The van der Waals surface area contributed by atoms with Crippen LogP contribution < -0.4 is 5.73 Å². The summed E-state index contributed by atoms with van der Waals surface area (Å²) < 4.78 is 5.67. The second kappa shape index (κ2) is 6.74. The Bertz CT molecular complexity index is 225. The van der Waals surface area contributed by atoms with E-state index in [4.69, 9.17) is 15.7 Å². The molecule has 1 unspecified atom stereocenters. The van der Waals surface area contributed by atoms with Crippen molar-refractivity contribution in [3.63, 3.8) is 0 Å². The van der Waals surface area contributed by atoms with Gasteiger partial charge in [-0.25, -0.2) is 0 Å². The van der Waals surface area contributed by atoms with Gasteiger partial charge in [-0.1, -0.05) is 32.9 Å². The van der Waals surface area contributed by atoms with Crippen LogP contribution in [0, 0.1) is 11.3 Å². The highest BCUT2D eigenvalue weighted by Crippen LogP contribution is 2.22. The van der Waals surface area contributed by atoms with Crippen LogP contribution in [0.5, 0.6) is 0 Å². The largest absolute Gasteiger partial charge is 0.409 e. The first-order valence-corrected chi connectivity index (χ1v) is 5.91. The van der Waals surface area contributed by atoms with Gasteiger partial charge in [0.15, 0.2) is 0 Å². The standard InChI is InChI=1S/C12H26N2O2/c1-9(2)10(3)16-8-6-7-12(4,5)11(13)14-15/h9-10,15H,6-8H2,1-5H3,(H2,13,14). The molecule has 4 heteroatoms. The molecule has 4 nitrogen and oxygen atoms in total. The van der Waals surface area contributed by atoms with E-state index in [1.807, 2.05) is 13.8 Å². The van der Waals surface area contributed by atoms with Crippen molar-refractivity contribution in [2.75, 3.05) is 6.61 Å². The maximum atomic E-state index is 8.62. The Morgan fingerprint density at radius 3 is 2.38 bits per heavy atom. The molecule has 0 saturated carbocycles. The summed E-state index contributed by atoms with van der Waals surface area (Å²) in [4.78, 5) is 0. The average molecular weight is 230 g/mol. The Kier molecular flexibility index (Phi) is 6.41. The molecule has 0 radical (unpaired) electrons. The quantitative estimate of drug-likeness (QED) is 0.232. The van der Waals surface area contributed by atoms with Gasteiger partial charge in [0.1, 0.15) is 5.84 Å². The van der Waals surface area contributed by atoms with Crippen molar-refractivity contribution in [3.05, 3.63) is 0 Å². The zero-order valence-electron chi connectivity index (χ0n) is 11.2. The van der Waals surface area contributed by atoms with Crippen LogP contribution in [0.4, 0.5) is 0 Å². The summed E-state index contributed by atoms with van der Waals surface area (Å²) in [5.41, 5.74) is 5.34. The average Bonchev–Trinajstić information content (AvgIpc) is 2.22. The zero-order valence-corrected chi connectivity index (χ0v) is 11.2. The predicted molar refractivity (Wildman–Crippen MR) is 66.7 cm³/mol. The Hall–Kier alpha value is -0.770. The normalized spacial score (nSPS) is 15.5. The molecule has 0 saturated heterocycles. The van der Waals surface area contributed by atoms with E-state index in [1.54, 1.807) is 0 Å². The minimum atomic E-state index is -0.265. The van der Waals surface area contributed by atoms with Gasteiger partial charge in [0, 0.05) is 12.0 Å². The maximum Gasteiger partial charge on any atom is 0.144 e. The number of ether oxygens (including phenoxy) is 1. The summed E-state index contributed by atoms with van der Waals surface area (Å²) >= 11 is 0. The summed E-state index contributed by atoms with van der Waals surface area (Å²) in [5.74, 6) is 0.821. The number of oxime groups is 1. The maximum absolute atomic E-state index is 8.62. The third kappa shape index (κ3) is 5.35. The Morgan fingerprint density at radius 2 is 1.94 bits per heavy atom. The monoisotopic (exact) mass is 230 g/mol. The van der Waals surface area contributed by atoms with E-state index < -0.39 is 0 Å². The van der Waals surface area contributed by atoms with Crippen LogP contribution in [0.25, 0.3) is 0 Å². The number of hydrogen-bond acceptors (Lipinski definition) is 3. The fourth-order valence-corrected chi connectivity index (χ4v) is 1.24. The number of rotatable bonds is 7. The van der Waals surface area contributed by atoms with Crippen LogP contribution in [0.2, 0.25) is 0 Å². The van der Waals surface area contributed by atoms with Crippen molar-refractivity contribution in [1.82, 2.24) is 0 Å². The van der Waals surface area contributed by atoms with Gasteiger partial charge < -0.3 is 15.7 Å². The Morgan fingerprint density at radius 1 is 1.38 bits per heavy atom. The van der Waals surface area contributed by atoms with Gasteiger partial charge >= 0.3 is 0 Å². The lowest BCUT2D eigenvalue weighted by Gasteiger charge is -2.23. The van der Waals surface area contributed by atoms with Gasteiger partial charge in [0.2, 0.25) is 0 Å². The van der Waals surface area contributed by atoms with Gasteiger partial charge in [-0.15, -0.1) is 0 Å². The Balaban J connectivity index is 3.82. The minimum absolute atomic E-state index is 0.265. The minimum Gasteiger partial charge on any atom is -0.409 e. The smallest absolute Gasteiger partial charge is 0.144 e. The highest BCUT2D eigenvalue weighted by Gasteiger charge is 2.23. The lowest BCUT2D eigenvalue weighted by molar-refractivity contribution is 0.0311. The summed E-state index contributed by atoms with van der Waals surface area (Å²) in [7, 11) is 0. The molecule has 0 aliphatic heterocycles. The summed E-state index contributed by atoms with van der Waals surface area (Å²) in [6, 6.07) is 0. The number of hydrogen-bond donors (Lipinski definition) is 2. The number of amidine groups is 1. The van der Waals surface area contributed by atoms with Gasteiger partial charge in [0.05, 0.1) is 6.10 Å². The Labute approximate surface area is 98.9 Å². The van der Waals surface area contributed by atoms with E-state index >= 15 is 0 Å². The molecule has 0 bridgehead atoms. The summed E-state index contributed by atoms with van der Waals surface area (Å²) in [6.07, 6.45) is 2.06. The summed E-state index contributed by atoms with van der Waals surface area (Å²) in [5, 5.41) is 11.7. The highest BCUT2D eigenvalue weighted by molar-refractivity contribution is 5.85. The van der Waals surface area contributed by atoms with Crippen LogP contribution in [-0.2, 0) is 4.74 Å². The molecule has 0 spiro atoms. The molecule has 0 fully saturated rings. The third-order valence-corrected chi connectivity index (χ3v) is 3.07. The predicted octanol–water partition coefficient (Wildman–Crippen LogP) is 2.60. The first-order valence-electron chi connectivity index (χ1n) is 5.91. The van der Waals surface area contributed by atoms with E-state index in [0.29, 0.717) is 5.92 Å². The van der Waals surface area contributed by atoms with Crippen molar-refractivity contribution >= 4 is 5.84 Å². The third-order valence-electron chi connectivity index (χ3n) is 3.07. The van der Waals surface area contributed by atoms with Crippen molar-refractivity contribution in [2.24, 2.45) is 22.2 Å². The van der Waals surface area contributed by atoms with E-state index in [1.165, 1.54) is 0 Å². The van der Waals surface area contributed by atoms with Crippen LogP contribution >= 0.6 is 0 Å². The number of nitrogens with zero attached hydrogens (tertiary/aromatic N) is 1. The molecular formula is C12H26N2O2. The molecule has 0 aliphatic rings. The molecule has 96 valence electrons. The molecule has 0 rings (SSSR count). The van der Waals surface area contributed by atoms with Crippen LogP contribution in [0.3, 0.4) is 0 Å². The molecule has 0 aromatic heterocycles. The van der Waals surface area contributed by atoms with E-state index in [9.17, 15) is 0 Å². The molecule has 1 atom stereocenters. The van der Waals surface area contributed by atoms with Gasteiger partial charge in [-0.05, 0) is 25.7 Å². The first-order chi connectivity index (χ1) is 7.31. The molecule has 0 aromatic rings. The second-order valence-electron chi connectivity index (χ2n) is 5.29. The molecule has 0 heterocycles. The SMILES string of the molecule is CC(C)C(C)OCCCC(C)(C)C(N)=NO. The van der Waals surface area contributed by atoms with Gasteiger partial charge in [-0.2, -0.15) is 0 Å². The lowest BCUT2D eigenvalue weighted by Crippen LogP contribution is -2.32. The molecular weight excluding hydrogens is 204 g/mol. The lowest BCUT2D eigenvalue weighted by atomic mass is 9.87. The zero-order chi connectivity index (χ0) is 12.8. The topological polar surface area (TPSA) is 67.8 Å². The first kappa shape index (κ1) is 15.2.